The molecule has 1 aliphatic heterocycles. The molecule has 40 heavy (non-hydrogen) atoms. The molecular weight excluding hydrogens is 534 g/mol. The van der Waals surface area contributed by atoms with E-state index in [1.54, 1.807) is 24.2 Å². The lowest BCUT2D eigenvalue weighted by molar-refractivity contribution is -0.143. The third kappa shape index (κ3) is 7.75. The molecule has 2 N–H and O–H groups in total. The fraction of sp³-hybridized carbons (Fsp3) is 0.556. The molecule has 1 fully saturated rings. The molecule has 216 valence electrons. The Hall–Kier alpha value is -3.58. The first-order valence-electron chi connectivity index (χ1n) is 13.5. The summed E-state index contributed by atoms with van der Waals surface area (Å²) in [5.41, 5.74) is 6.38. The SMILES string of the molecule is CCOC(=O)CCCCCN(C(=O)OC(C)(C)C)c1cc2nc(-c3cnc(N)nc3)nc(N3CCOCC3)c2s1. The largest absolute Gasteiger partial charge is 0.466 e. The summed E-state index contributed by atoms with van der Waals surface area (Å²) in [5, 5.41) is 0.712. The summed E-state index contributed by atoms with van der Waals surface area (Å²) in [4.78, 5) is 46.7. The minimum Gasteiger partial charge on any atom is -0.466 e. The lowest BCUT2D eigenvalue weighted by atomic mass is 10.2. The zero-order chi connectivity index (χ0) is 28.7. The van der Waals surface area contributed by atoms with Crippen molar-refractivity contribution in [3.05, 3.63) is 18.5 Å². The number of hydrogen-bond donors (Lipinski definition) is 1. The third-order valence-corrected chi connectivity index (χ3v) is 7.17. The molecule has 4 heterocycles. The molecule has 0 bridgehead atoms. The monoisotopic (exact) mass is 571 g/mol. The van der Waals surface area contributed by atoms with E-state index in [4.69, 9.17) is 29.9 Å². The second-order valence-electron chi connectivity index (χ2n) is 10.3. The predicted octanol–water partition coefficient (Wildman–Crippen LogP) is 4.43. The van der Waals surface area contributed by atoms with Crippen LogP contribution in [0.5, 0.6) is 0 Å². The van der Waals surface area contributed by atoms with Gasteiger partial charge >= 0.3 is 12.1 Å². The summed E-state index contributed by atoms with van der Waals surface area (Å²) < 4.78 is 17.2. The summed E-state index contributed by atoms with van der Waals surface area (Å²) in [6, 6.07) is 1.90. The molecule has 0 unspecified atom stereocenters. The van der Waals surface area contributed by atoms with Crippen LogP contribution in [0.1, 0.15) is 53.4 Å². The van der Waals surface area contributed by atoms with Crippen LogP contribution in [0.15, 0.2) is 18.5 Å². The molecule has 12 nitrogen and oxygen atoms in total. The van der Waals surface area contributed by atoms with Gasteiger partial charge in [-0.3, -0.25) is 9.69 Å². The van der Waals surface area contributed by atoms with Crippen molar-refractivity contribution < 1.29 is 23.8 Å². The van der Waals surface area contributed by atoms with Crippen molar-refractivity contribution in [1.82, 2.24) is 19.9 Å². The van der Waals surface area contributed by atoms with Gasteiger partial charge in [0, 0.05) is 38.4 Å². The smallest absolute Gasteiger partial charge is 0.415 e. The maximum atomic E-state index is 13.3. The highest BCUT2D eigenvalue weighted by atomic mass is 32.1. The minimum absolute atomic E-state index is 0.173. The topological polar surface area (TPSA) is 146 Å². The Morgan fingerprint density at radius 2 is 1.85 bits per heavy atom. The molecule has 0 saturated carbocycles. The Kier molecular flexibility index (Phi) is 9.69. The molecule has 13 heteroatoms. The number of anilines is 3. The Labute approximate surface area is 237 Å². The van der Waals surface area contributed by atoms with E-state index in [0.29, 0.717) is 80.6 Å². The van der Waals surface area contributed by atoms with E-state index in [9.17, 15) is 9.59 Å². The normalized spacial score (nSPS) is 13.8. The van der Waals surface area contributed by atoms with Crippen LogP contribution in [-0.4, -0.2) is 77.1 Å². The van der Waals surface area contributed by atoms with E-state index in [0.717, 1.165) is 16.9 Å². The Morgan fingerprint density at radius 1 is 1.12 bits per heavy atom. The maximum Gasteiger partial charge on any atom is 0.415 e. The Balaban J connectivity index is 1.66. The number of morpholine rings is 1. The summed E-state index contributed by atoms with van der Waals surface area (Å²) in [6.07, 6.45) is 5.28. The number of esters is 1. The number of thiophene rings is 1. The van der Waals surface area contributed by atoms with Gasteiger partial charge in [-0.2, -0.15) is 0 Å². The number of nitrogens with zero attached hydrogens (tertiary/aromatic N) is 6. The molecule has 0 radical (unpaired) electrons. The first kappa shape index (κ1) is 29.4. The van der Waals surface area contributed by atoms with Gasteiger partial charge in [0.05, 0.1) is 35.6 Å². The highest BCUT2D eigenvalue weighted by Gasteiger charge is 2.27. The van der Waals surface area contributed by atoms with E-state index in [2.05, 4.69) is 14.9 Å². The van der Waals surface area contributed by atoms with Crippen LogP contribution in [0, 0.1) is 0 Å². The van der Waals surface area contributed by atoms with Gasteiger partial charge in [-0.05, 0) is 46.6 Å². The molecule has 0 spiro atoms. The van der Waals surface area contributed by atoms with Gasteiger partial charge < -0.3 is 24.8 Å². The van der Waals surface area contributed by atoms with Crippen molar-refractivity contribution >= 4 is 50.4 Å². The standard InChI is InChI=1S/C27H37N7O5S/c1-5-38-21(35)9-7-6-8-10-34(26(36)39-27(2,3)4)20-15-19-22(40-20)24(33-11-13-37-14-12-33)32-23(31-19)18-16-29-25(28)30-17-18/h15-17H,5-14H2,1-4H3,(H2,28,29,30). The lowest BCUT2D eigenvalue weighted by Gasteiger charge is -2.28. The molecule has 0 aliphatic carbocycles. The average molecular weight is 572 g/mol. The summed E-state index contributed by atoms with van der Waals surface area (Å²) >= 11 is 1.45. The number of hydrogen-bond acceptors (Lipinski definition) is 12. The van der Waals surface area contributed by atoms with Gasteiger partial charge in [0.2, 0.25) is 5.95 Å². The zero-order valence-corrected chi connectivity index (χ0v) is 24.3. The van der Waals surface area contributed by atoms with Gasteiger partial charge in [-0.25, -0.2) is 24.7 Å². The molecule has 4 rings (SSSR count). The Morgan fingerprint density at radius 3 is 2.52 bits per heavy atom. The van der Waals surface area contributed by atoms with Crippen molar-refractivity contribution in [2.24, 2.45) is 0 Å². The first-order chi connectivity index (χ1) is 19.1. The predicted molar refractivity (Wildman–Crippen MR) is 155 cm³/mol. The van der Waals surface area contributed by atoms with Crippen molar-refractivity contribution in [2.75, 3.05) is 55.0 Å². The van der Waals surface area contributed by atoms with E-state index in [1.807, 2.05) is 26.8 Å². The van der Waals surface area contributed by atoms with Crippen molar-refractivity contribution in [3.63, 3.8) is 0 Å². The van der Waals surface area contributed by atoms with Gasteiger partial charge in [0.25, 0.3) is 0 Å². The van der Waals surface area contributed by atoms with Crippen molar-refractivity contribution in [2.45, 2.75) is 59.0 Å². The second kappa shape index (κ2) is 13.2. The number of unbranched alkanes of at least 4 members (excludes halogenated alkanes) is 2. The quantitative estimate of drug-likeness (QED) is 0.272. The zero-order valence-electron chi connectivity index (χ0n) is 23.5. The molecule has 1 amide bonds. The molecule has 3 aromatic rings. The van der Waals surface area contributed by atoms with Crippen molar-refractivity contribution in [1.29, 1.82) is 0 Å². The number of nitrogen functional groups attached to an aromatic ring is 1. The number of carbonyl (C=O) groups excluding carboxylic acids is 2. The number of fused-ring (bicyclic) bond motifs is 1. The number of ether oxygens (including phenoxy) is 3. The molecule has 0 aromatic carbocycles. The summed E-state index contributed by atoms with van der Waals surface area (Å²) in [5.74, 6) is 1.22. The Bertz CT molecular complexity index is 1300. The fourth-order valence-electron chi connectivity index (χ4n) is 4.16. The van der Waals surface area contributed by atoms with Gasteiger partial charge in [-0.15, -0.1) is 11.3 Å². The number of amides is 1. The maximum absolute atomic E-state index is 13.3. The third-order valence-electron chi connectivity index (χ3n) is 6.03. The number of aromatic nitrogens is 4. The second-order valence-corrected chi connectivity index (χ2v) is 11.4. The molecule has 1 saturated heterocycles. The highest BCUT2D eigenvalue weighted by molar-refractivity contribution is 7.23. The first-order valence-corrected chi connectivity index (χ1v) is 14.3. The summed E-state index contributed by atoms with van der Waals surface area (Å²) in [7, 11) is 0. The van der Waals surface area contributed by atoms with E-state index >= 15 is 0 Å². The number of rotatable bonds is 10. The number of carbonyl (C=O) groups is 2. The van der Waals surface area contributed by atoms with Crippen molar-refractivity contribution in [3.8, 4) is 11.4 Å². The molecule has 3 aromatic heterocycles. The molecular formula is C27H37N7O5S. The van der Waals surface area contributed by atoms with Gasteiger partial charge in [-0.1, -0.05) is 6.42 Å². The van der Waals surface area contributed by atoms with Crippen LogP contribution in [-0.2, 0) is 19.0 Å². The van der Waals surface area contributed by atoms with Gasteiger partial charge in [0.1, 0.15) is 10.6 Å². The van der Waals surface area contributed by atoms with Gasteiger partial charge in [0.15, 0.2) is 11.6 Å². The van der Waals surface area contributed by atoms with E-state index in [-0.39, 0.29) is 11.9 Å². The van der Waals surface area contributed by atoms with Crippen LogP contribution < -0.4 is 15.5 Å². The van der Waals surface area contributed by atoms with E-state index in [1.165, 1.54) is 11.3 Å². The van der Waals surface area contributed by atoms with E-state index < -0.39 is 11.7 Å². The lowest BCUT2D eigenvalue weighted by Crippen LogP contribution is -2.37. The fourth-order valence-corrected chi connectivity index (χ4v) is 5.30. The molecule has 1 aliphatic rings. The van der Waals surface area contributed by atoms with Crippen LogP contribution >= 0.6 is 11.3 Å². The average Bonchev–Trinajstić information content (AvgIpc) is 3.34. The van der Waals surface area contributed by atoms with Crippen LogP contribution in [0.25, 0.3) is 21.6 Å². The summed E-state index contributed by atoms with van der Waals surface area (Å²) in [6.45, 7) is 10.7. The highest BCUT2D eigenvalue weighted by Crippen LogP contribution is 2.39. The molecule has 0 atom stereocenters. The number of nitrogens with two attached hydrogens (primary N) is 1. The minimum atomic E-state index is -0.656. The van der Waals surface area contributed by atoms with Crippen LogP contribution in [0.4, 0.5) is 21.6 Å². The van der Waals surface area contributed by atoms with Crippen LogP contribution in [0.3, 0.4) is 0 Å². The van der Waals surface area contributed by atoms with Crippen LogP contribution in [0.2, 0.25) is 0 Å².